The molecule has 5 heteroatoms. The van der Waals surface area contributed by atoms with Gasteiger partial charge in [-0.1, -0.05) is 0 Å². The first-order valence-corrected chi connectivity index (χ1v) is 7.40. The third-order valence-corrected chi connectivity index (χ3v) is 4.22. The third-order valence-electron chi connectivity index (χ3n) is 4.22. The zero-order valence-corrected chi connectivity index (χ0v) is 11.8. The Balaban J connectivity index is 1.77. The molecule has 0 bridgehead atoms. The van der Waals surface area contributed by atoms with Crippen molar-refractivity contribution in [2.45, 2.75) is 45.1 Å². The maximum absolute atomic E-state index is 11.8. The van der Waals surface area contributed by atoms with Gasteiger partial charge in [0.2, 0.25) is 11.8 Å². The molecule has 2 aliphatic heterocycles. The van der Waals surface area contributed by atoms with Gasteiger partial charge in [0.15, 0.2) is 0 Å². The molecule has 0 aromatic rings. The zero-order chi connectivity index (χ0) is 13.8. The third kappa shape index (κ3) is 3.69. The van der Waals surface area contributed by atoms with E-state index in [2.05, 4.69) is 0 Å². The molecule has 0 aromatic carbocycles. The molecule has 2 saturated heterocycles. The van der Waals surface area contributed by atoms with Gasteiger partial charge in [0.05, 0.1) is 6.04 Å². The molecular weight excluding hydrogens is 242 g/mol. The minimum Gasteiger partial charge on any atom is -0.342 e. The molecule has 0 spiro atoms. The van der Waals surface area contributed by atoms with Gasteiger partial charge in [0.1, 0.15) is 0 Å². The maximum atomic E-state index is 11.8. The first-order chi connectivity index (χ1) is 9.08. The Labute approximate surface area is 115 Å². The van der Waals surface area contributed by atoms with Gasteiger partial charge in [0.25, 0.3) is 0 Å². The van der Waals surface area contributed by atoms with Gasteiger partial charge in [-0.25, -0.2) is 0 Å². The lowest BCUT2D eigenvalue weighted by atomic mass is 9.95. The molecule has 2 fully saturated rings. The van der Waals surface area contributed by atoms with Gasteiger partial charge in [-0.05, 0) is 38.5 Å². The predicted molar refractivity (Wildman–Crippen MR) is 73.4 cm³/mol. The fraction of sp³-hybridized carbons (Fsp3) is 0.857. The van der Waals surface area contributed by atoms with E-state index >= 15 is 0 Å². The van der Waals surface area contributed by atoms with Crippen LogP contribution in [0.3, 0.4) is 0 Å². The summed E-state index contributed by atoms with van der Waals surface area (Å²) < 4.78 is 0. The van der Waals surface area contributed by atoms with Gasteiger partial charge < -0.3 is 15.5 Å². The van der Waals surface area contributed by atoms with Crippen LogP contribution in [0.1, 0.15) is 39.0 Å². The number of amides is 2. The van der Waals surface area contributed by atoms with E-state index in [-0.39, 0.29) is 5.91 Å². The molecule has 2 aliphatic rings. The lowest BCUT2D eigenvalue weighted by Gasteiger charge is -2.36. The molecule has 19 heavy (non-hydrogen) atoms. The van der Waals surface area contributed by atoms with E-state index in [0.29, 0.717) is 18.2 Å². The lowest BCUT2D eigenvalue weighted by Crippen LogP contribution is -2.48. The van der Waals surface area contributed by atoms with Crippen LogP contribution in [0.15, 0.2) is 0 Å². The quantitative estimate of drug-likeness (QED) is 0.813. The number of nitrogens with zero attached hydrogens (tertiary/aromatic N) is 2. The molecule has 0 radical (unpaired) electrons. The second-order valence-electron chi connectivity index (χ2n) is 5.85. The molecule has 0 aliphatic carbocycles. The van der Waals surface area contributed by atoms with Crippen molar-refractivity contribution in [2.75, 3.05) is 26.2 Å². The molecule has 0 unspecified atom stereocenters. The van der Waals surface area contributed by atoms with Crippen LogP contribution in [0.2, 0.25) is 0 Å². The van der Waals surface area contributed by atoms with E-state index in [1.54, 1.807) is 6.92 Å². The van der Waals surface area contributed by atoms with Gasteiger partial charge in [-0.3, -0.25) is 9.59 Å². The molecule has 2 amide bonds. The number of likely N-dealkylation sites (tertiary alicyclic amines) is 2. The van der Waals surface area contributed by atoms with Crippen LogP contribution in [0.5, 0.6) is 0 Å². The number of rotatable bonds is 3. The van der Waals surface area contributed by atoms with Crippen LogP contribution in [0.4, 0.5) is 0 Å². The number of piperidine rings is 2. The van der Waals surface area contributed by atoms with Gasteiger partial charge in [0, 0.05) is 32.6 Å². The van der Waals surface area contributed by atoms with Gasteiger partial charge in [-0.15, -0.1) is 0 Å². The van der Waals surface area contributed by atoms with E-state index in [0.717, 1.165) is 51.9 Å². The van der Waals surface area contributed by atoms with Crippen molar-refractivity contribution in [2.24, 2.45) is 11.7 Å². The van der Waals surface area contributed by atoms with Crippen molar-refractivity contribution in [1.82, 2.24) is 9.80 Å². The van der Waals surface area contributed by atoms with Crippen LogP contribution in [0.25, 0.3) is 0 Å². The van der Waals surface area contributed by atoms with Gasteiger partial charge in [-0.2, -0.15) is 0 Å². The summed E-state index contributed by atoms with van der Waals surface area (Å²) in [6.45, 7) is 5.10. The average molecular weight is 267 g/mol. The summed E-state index contributed by atoms with van der Waals surface area (Å²) in [5, 5.41) is 0. The lowest BCUT2D eigenvalue weighted by molar-refractivity contribution is -0.136. The fourth-order valence-electron chi connectivity index (χ4n) is 2.99. The molecule has 2 rings (SSSR count). The Morgan fingerprint density at radius 1 is 1.32 bits per heavy atom. The highest BCUT2D eigenvalue weighted by Crippen LogP contribution is 2.21. The van der Waals surface area contributed by atoms with Crippen LogP contribution in [-0.4, -0.2) is 53.8 Å². The highest BCUT2D eigenvalue weighted by atomic mass is 16.2. The van der Waals surface area contributed by atoms with E-state index in [1.807, 2.05) is 9.80 Å². The zero-order valence-electron chi connectivity index (χ0n) is 11.8. The molecule has 0 aromatic heterocycles. The van der Waals surface area contributed by atoms with Crippen molar-refractivity contribution < 1.29 is 9.59 Å². The smallest absolute Gasteiger partial charge is 0.239 e. The molecular formula is C14H25N3O2. The van der Waals surface area contributed by atoms with Crippen molar-refractivity contribution in [1.29, 1.82) is 0 Å². The van der Waals surface area contributed by atoms with E-state index < -0.39 is 6.04 Å². The number of carbonyl (C=O) groups is 2. The second kappa shape index (κ2) is 6.37. The summed E-state index contributed by atoms with van der Waals surface area (Å²) in [5.74, 6) is 0.895. The minimum absolute atomic E-state index is 0.0486. The highest BCUT2D eigenvalue weighted by Gasteiger charge is 2.27. The fourth-order valence-corrected chi connectivity index (χ4v) is 2.99. The Bertz CT molecular complexity index is 336. The van der Waals surface area contributed by atoms with Crippen molar-refractivity contribution >= 4 is 11.8 Å². The maximum Gasteiger partial charge on any atom is 0.239 e. The second-order valence-corrected chi connectivity index (χ2v) is 5.85. The normalized spacial score (nSPS) is 23.6. The standard InChI is InChI=1S/C14H25N3O2/c1-11(15)14(19)16-8-5-12(6-9-16)10-17-7-3-2-4-13(17)18/h11-12H,2-10,15H2,1H3/t11-/m1/s1. The van der Waals surface area contributed by atoms with Crippen molar-refractivity contribution in [3.05, 3.63) is 0 Å². The monoisotopic (exact) mass is 267 g/mol. The summed E-state index contributed by atoms with van der Waals surface area (Å²) in [4.78, 5) is 27.4. The molecule has 1 atom stereocenters. The number of carbonyl (C=O) groups excluding carboxylic acids is 2. The average Bonchev–Trinajstić information content (AvgIpc) is 2.41. The first kappa shape index (κ1) is 14.3. The van der Waals surface area contributed by atoms with E-state index in [4.69, 9.17) is 5.73 Å². The number of hydrogen-bond donors (Lipinski definition) is 1. The molecule has 2 heterocycles. The molecule has 5 nitrogen and oxygen atoms in total. The highest BCUT2D eigenvalue weighted by molar-refractivity contribution is 5.81. The summed E-state index contributed by atoms with van der Waals surface area (Å²) in [6, 6.07) is -0.403. The summed E-state index contributed by atoms with van der Waals surface area (Å²) in [6.07, 6.45) is 4.86. The first-order valence-electron chi connectivity index (χ1n) is 7.40. The van der Waals surface area contributed by atoms with Crippen molar-refractivity contribution in [3.8, 4) is 0 Å². The predicted octanol–water partition coefficient (Wildman–Crippen LogP) is 0.585. The van der Waals surface area contributed by atoms with E-state index in [9.17, 15) is 9.59 Å². The van der Waals surface area contributed by atoms with E-state index in [1.165, 1.54) is 0 Å². The number of nitrogens with two attached hydrogens (primary N) is 1. The Hall–Kier alpha value is -1.10. The largest absolute Gasteiger partial charge is 0.342 e. The van der Waals surface area contributed by atoms with Crippen molar-refractivity contribution in [3.63, 3.8) is 0 Å². The van der Waals surface area contributed by atoms with Crippen LogP contribution >= 0.6 is 0 Å². The summed E-state index contributed by atoms with van der Waals surface area (Å²) in [5.41, 5.74) is 5.62. The SMILES string of the molecule is C[C@@H](N)C(=O)N1CCC(CN2CCCCC2=O)CC1. The molecule has 108 valence electrons. The number of hydrogen-bond acceptors (Lipinski definition) is 3. The molecule has 0 saturated carbocycles. The Kier molecular flexibility index (Phi) is 4.80. The summed E-state index contributed by atoms with van der Waals surface area (Å²) >= 11 is 0. The van der Waals surface area contributed by atoms with Crippen LogP contribution < -0.4 is 5.73 Å². The Morgan fingerprint density at radius 2 is 2.00 bits per heavy atom. The Morgan fingerprint density at radius 3 is 2.58 bits per heavy atom. The van der Waals surface area contributed by atoms with Crippen LogP contribution in [0, 0.1) is 5.92 Å². The van der Waals surface area contributed by atoms with Gasteiger partial charge >= 0.3 is 0 Å². The summed E-state index contributed by atoms with van der Waals surface area (Å²) in [7, 11) is 0. The topological polar surface area (TPSA) is 66.6 Å². The molecule has 2 N–H and O–H groups in total. The minimum atomic E-state index is -0.403. The van der Waals surface area contributed by atoms with Crippen LogP contribution in [-0.2, 0) is 9.59 Å².